The van der Waals surface area contributed by atoms with Gasteiger partial charge in [0.05, 0.1) is 5.41 Å². The highest BCUT2D eigenvalue weighted by molar-refractivity contribution is 7.81. The van der Waals surface area contributed by atoms with E-state index in [0.29, 0.717) is 5.92 Å². The third-order valence-corrected chi connectivity index (χ3v) is 7.18. The van der Waals surface area contributed by atoms with Crippen molar-refractivity contribution in [2.75, 3.05) is 0 Å². The summed E-state index contributed by atoms with van der Waals surface area (Å²) in [6.45, 7) is 6.39. The molecule has 0 radical (unpaired) electrons. The minimum atomic E-state index is -0.319. The minimum absolute atomic E-state index is 0.299. The van der Waals surface area contributed by atoms with Gasteiger partial charge in [0.2, 0.25) is 0 Å². The fourth-order valence-corrected chi connectivity index (χ4v) is 6.10. The lowest BCUT2D eigenvalue weighted by atomic mass is 9.48. The van der Waals surface area contributed by atoms with Crippen LogP contribution in [-0.2, 0) is 5.41 Å². The molecule has 27 heavy (non-hydrogen) atoms. The summed E-state index contributed by atoms with van der Waals surface area (Å²) < 4.78 is 0. The van der Waals surface area contributed by atoms with Crippen LogP contribution in [0.15, 0.2) is 96.1 Å². The van der Waals surface area contributed by atoms with Crippen LogP contribution in [-0.4, -0.2) is 4.86 Å². The molecule has 2 bridgehead atoms. The van der Waals surface area contributed by atoms with E-state index in [-0.39, 0.29) is 5.41 Å². The SMILES string of the molecule is C=C1C(=S)C(C23c4ccccc4C(c4ccccc42)c2ccccc23)=C1C. The van der Waals surface area contributed by atoms with Gasteiger partial charge in [0.15, 0.2) is 0 Å². The summed E-state index contributed by atoms with van der Waals surface area (Å²) in [4.78, 5) is 0.937. The van der Waals surface area contributed by atoms with E-state index in [9.17, 15) is 0 Å². The smallest absolute Gasteiger partial charge is 0.0727 e. The average Bonchev–Trinajstić information content (AvgIpc) is 2.74. The fourth-order valence-electron chi connectivity index (χ4n) is 5.64. The number of rotatable bonds is 1. The molecule has 0 aliphatic heterocycles. The van der Waals surface area contributed by atoms with Crippen LogP contribution in [0, 0.1) is 0 Å². The van der Waals surface area contributed by atoms with Gasteiger partial charge in [0, 0.05) is 10.8 Å². The van der Waals surface area contributed by atoms with Gasteiger partial charge in [-0.05, 0) is 57.0 Å². The molecule has 7 rings (SSSR count). The van der Waals surface area contributed by atoms with Crippen molar-refractivity contribution in [3.63, 3.8) is 0 Å². The molecule has 0 heterocycles. The van der Waals surface area contributed by atoms with Crippen LogP contribution < -0.4 is 0 Å². The standard InChI is InChI=1S/C26H18S/c1-15-16(2)25(27)24(15)26-20-12-6-3-9-17(20)23(18-10-4-7-13-21(18)26)19-11-5-8-14-22(19)26/h3-14,23H,2H2,1H3. The van der Waals surface area contributed by atoms with Gasteiger partial charge in [0.25, 0.3) is 0 Å². The monoisotopic (exact) mass is 362 g/mol. The minimum Gasteiger partial charge on any atom is -0.0900 e. The number of thiocarbonyl (C=S) groups is 1. The predicted molar refractivity (Wildman–Crippen MR) is 115 cm³/mol. The Morgan fingerprint density at radius 1 is 0.741 bits per heavy atom. The first-order valence-corrected chi connectivity index (χ1v) is 9.81. The maximum atomic E-state index is 5.87. The zero-order chi connectivity index (χ0) is 18.3. The summed E-state index contributed by atoms with van der Waals surface area (Å²) in [7, 11) is 0. The zero-order valence-corrected chi connectivity index (χ0v) is 15.9. The summed E-state index contributed by atoms with van der Waals surface area (Å²) in [5.41, 5.74) is 11.6. The Labute approximate surface area is 164 Å². The summed E-state index contributed by atoms with van der Waals surface area (Å²) in [6, 6.07) is 26.8. The van der Waals surface area contributed by atoms with Gasteiger partial charge >= 0.3 is 0 Å². The zero-order valence-electron chi connectivity index (χ0n) is 15.1. The molecule has 4 aliphatic carbocycles. The van der Waals surface area contributed by atoms with Gasteiger partial charge in [-0.25, -0.2) is 0 Å². The van der Waals surface area contributed by atoms with E-state index in [2.05, 4.69) is 86.3 Å². The van der Waals surface area contributed by atoms with Gasteiger partial charge in [-0.1, -0.05) is 91.6 Å². The Balaban J connectivity index is 1.88. The van der Waals surface area contributed by atoms with Gasteiger partial charge in [-0.3, -0.25) is 0 Å². The van der Waals surface area contributed by atoms with Crippen LogP contribution in [0.25, 0.3) is 0 Å². The topological polar surface area (TPSA) is 0 Å². The highest BCUT2D eigenvalue weighted by Gasteiger charge is 2.56. The molecule has 0 saturated heterocycles. The largest absolute Gasteiger partial charge is 0.0900 e. The van der Waals surface area contributed by atoms with E-state index < -0.39 is 0 Å². The summed E-state index contributed by atoms with van der Waals surface area (Å²) in [5, 5.41) is 0. The van der Waals surface area contributed by atoms with Crippen molar-refractivity contribution < 1.29 is 0 Å². The van der Waals surface area contributed by atoms with Crippen molar-refractivity contribution in [2.24, 2.45) is 0 Å². The Morgan fingerprint density at radius 3 is 1.56 bits per heavy atom. The van der Waals surface area contributed by atoms with Crippen LogP contribution in [0.4, 0.5) is 0 Å². The lowest BCUT2D eigenvalue weighted by Crippen LogP contribution is -2.48. The molecule has 0 unspecified atom stereocenters. The quantitative estimate of drug-likeness (QED) is 0.373. The second kappa shape index (κ2) is 4.94. The summed E-state index contributed by atoms with van der Waals surface area (Å²) in [6.07, 6.45) is 0. The van der Waals surface area contributed by atoms with Crippen molar-refractivity contribution in [1.82, 2.24) is 0 Å². The molecule has 0 N–H and O–H groups in total. The first-order valence-electron chi connectivity index (χ1n) is 9.41. The molecule has 0 spiro atoms. The lowest BCUT2D eigenvalue weighted by molar-refractivity contribution is 0.628. The van der Waals surface area contributed by atoms with E-state index in [4.69, 9.17) is 12.2 Å². The molecular weight excluding hydrogens is 344 g/mol. The van der Waals surface area contributed by atoms with Crippen molar-refractivity contribution in [1.29, 1.82) is 0 Å². The van der Waals surface area contributed by atoms with Crippen molar-refractivity contribution in [3.05, 3.63) is 129 Å². The third-order valence-electron chi connectivity index (χ3n) is 6.73. The van der Waals surface area contributed by atoms with E-state index in [1.54, 1.807) is 0 Å². The number of allylic oxidation sites excluding steroid dienone is 3. The molecule has 0 fully saturated rings. The van der Waals surface area contributed by atoms with Gasteiger partial charge in [0.1, 0.15) is 0 Å². The maximum absolute atomic E-state index is 5.87. The molecule has 3 aromatic carbocycles. The Kier molecular flexibility index (Phi) is 2.80. The van der Waals surface area contributed by atoms with Gasteiger partial charge in [-0.15, -0.1) is 0 Å². The predicted octanol–water partition coefficient (Wildman–Crippen LogP) is 6.08. The molecule has 0 aromatic heterocycles. The van der Waals surface area contributed by atoms with Crippen LogP contribution in [0.2, 0.25) is 0 Å². The van der Waals surface area contributed by atoms with E-state index in [0.717, 1.165) is 10.4 Å². The van der Waals surface area contributed by atoms with Crippen LogP contribution in [0.3, 0.4) is 0 Å². The van der Waals surface area contributed by atoms with E-state index >= 15 is 0 Å². The van der Waals surface area contributed by atoms with Gasteiger partial charge < -0.3 is 0 Å². The molecule has 0 amide bonds. The van der Waals surface area contributed by atoms with Crippen molar-refractivity contribution in [3.8, 4) is 0 Å². The van der Waals surface area contributed by atoms with Crippen LogP contribution in [0.5, 0.6) is 0 Å². The second-order valence-electron chi connectivity index (χ2n) is 7.75. The molecule has 128 valence electrons. The molecular formula is C26H18S. The maximum Gasteiger partial charge on any atom is 0.0727 e. The summed E-state index contributed by atoms with van der Waals surface area (Å²) >= 11 is 5.87. The van der Waals surface area contributed by atoms with Crippen molar-refractivity contribution in [2.45, 2.75) is 18.3 Å². The lowest BCUT2D eigenvalue weighted by Gasteiger charge is -2.54. The molecule has 4 aliphatic rings. The Bertz CT molecular complexity index is 1110. The summed E-state index contributed by atoms with van der Waals surface area (Å²) in [5.74, 6) is 0.299. The molecule has 0 nitrogen and oxygen atoms in total. The van der Waals surface area contributed by atoms with Crippen molar-refractivity contribution >= 4 is 17.1 Å². The first-order chi connectivity index (χ1) is 13.2. The molecule has 0 saturated carbocycles. The Hall–Kier alpha value is -2.77. The van der Waals surface area contributed by atoms with E-state index in [1.165, 1.54) is 44.5 Å². The van der Waals surface area contributed by atoms with Crippen LogP contribution >= 0.6 is 12.2 Å². The number of benzene rings is 3. The Morgan fingerprint density at radius 2 is 1.15 bits per heavy atom. The van der Waals surface area contributed by atoms with Gasteiger partial charge in [-0.2, -0.15) is 0 Å². The highest BCUT2D eigenvalue weighted by Crippen LogP contribution is 2.64. The van der Waals surface area contributed by atoms with E-state index in [1.807, 2.05) is 0 Å². The second-order valence-corrected chi connectivity index (χ2v) is 8.16. The van der Waals surface area contributed by atoms with Crippen LogP contribution in [0.1, 0.15) is 46.2 Å². The normalized spacial score (nSPS) is 24.3. The first kappa shape index (κ1) is 15.3. The number of hydrogen-bond donors (Lipinski definition) is 0. The highest BCUT2D eigenvalue weighted by atomic mass is 32.1. The average molecular weight is 362 g/mol. The molecule has 3 aromatic rings. The fraction of sp³-hybridized carbons (Fsp3) is 0.115. The number of hydrogen-bond acceptors (Lipinski definition) is 1. The molecule has 0 atom stereocenters. The third kappa shape index (κ3) is 1.55. The molecule has 1 heteroatoms.